The number of aliphatic carboxylic acids is 1. The quantitative estimate of drug-likeness (QED) is 0.0869. The van der Waals surface area contributed by atoms with Crippen molar-refractivity contribution in [3.8, 4) is 5.75 Å². The number of H-pyrrole nitrogens is 1. The number of aliphatic hydroxyl groups is 2. The van der Waals surface area contributed by atoms with E-state index in [0.717, 1.165) is 22.2 Å². The highest BCUT2D eigenvalue weighted by Crippen LogP contribution is 2.49. The molecule has 6 atom stereocenters. The summed E-state index contributed by atoms with van der Waals surface area (Å²) in [5.41, 5.74) is 5.06. The maximum atomic E-state index is 14.2. The molecule has 0 bridgehead atoms. The lowest BCUT2D eigenvalue weighted by Crippen LogP contribution is -2.46. The Kier molecular flexibility index (Phi) is 9.18. The molecule has 0 radical (unpaired) electrons. The van der Waals surface area contributed by atoms with Crippen LogP contribution < -0.4 is 20.9 Å². The number of hydrogen-bond acceptors (Lipinski definition) is 10. The predicted molar refractivity (Wildman–Crippen MR) is 147 cm³/mol. The number of aliphatic hydroxyl groups excluding tert-OH is 2. The Balaban J connectivity index is 1.71. The van der Waals surface area contributed by atoms with Crippen LogP contribution in [0.1, 0.15) is 26.5 Å². The standard InChI is InChI=1S/C25H29N6O10P/c1-14(2)12-17(23(35)36)28-42(38,41-18-9-5-7-15-6-3-4-8-16(15)18)39-13-25(29-30-26)21(34)20(33)22(40-25)31-11-10-19(32)27-24(31)37/h3-11,14,17,20-22,33-34H,12-13H2,1-2H3,(H,28,38)(H,35,36)(H,27,32,37)/t17-,20+,21-,22+,25+,42?/m0/s1. The van der Waals surface area contributed by atoms with Crippen molar-refractivity contribution in [1.82, 2.24) is 14.6 Å². The van der Waals surface area contributed by atoms with Crippen molar-refractivity contribution in [1.29, 1.82) is 0 Å². The number of hydrogen-bond donors (Lipinski definition) is 5. The lowest BCUT2D eigenvalue weighted by Gasteiger charge is -2.30. The van der Waals surface area contributed by atoms with Crippen LogP contribution in [0.4, 0.5) is 0 Å². The maximum absolute atomic E-state index is 14.2. The molecule has 2 aromatic carbocycles. The molecule has 42 heavy (non-hydrogen) atoms. The number of aromatic amines is 1. The van der Waals surface area contributed by atoms with Gasteiger partial charge in [-0.1, -0.05) is 55.4 Å². The largest absolute Gasteiger partial charge is 0.480 e. The van der Waals surface area contributed by atoms with Gasteiger partial charge >= 0.3 is 19.4 Å². The van der Waals surface area contributed by atoms with E-state index < -0.39 is 61.8 Å². The Morgan fingerprint density at radius 1 is 1.24 bits per heavy atom. The monoisotopic (exact) mass is 604 g/mol. The summed E-state index contributed by atoms with van der Waals surface area (Å²) in [6, 6.07) is 11.4. The maximum Gasteiger partial charge on any atom is 0.459 e. The van der Waals surface area contributed by atoms with Crippen molar-refractivity contribution in [2.45, 2.75) is 50.5 Å². The molecule has 3 aromatic rings. The van der Waals surface area contributed by atoms with Crippen molar-refractivity contribution < 1.29 is 38.5 Å². The fourth-order valence-electron chi connectivity index (χ4n) is 4.47. The van der Waals surface area contributed by atoms with E-state index in [1.807, 2.05) is 4.98 Å². The molecule has 1 aliphatic rings. The first kappa shape index (κ1) is 30.9. The third kappa shape index (κ3) is 6.55. The van der Waals surface area contributed by atoms with Gasteiger partial charge in [-0.15, -0.1) is 0 Å². The van der Waals surface area contributed by atoms with E-state index in [2.05, 4.69) is 15.1 Å². The van der Waals surface area contributed by atoms with Crippen LogP contribution in [0.3, 0.4) is 0 Å². The van der Waals surface area contributed by atoms with Crippen molar-refractivity contribution in [2.75, 3.05) is 6.61 Å². The molecule has 1 aromatic heterocycles. The van der Waals surface area contributed by atoms with Crippen LogP contribution in [0, 0.1) is 5.92 Å². The summed E-state index contributed by atoms with van der Waals surface area (Å²) >= 11 is 0. The highest BCUT2D eigenvalue weighted by molar-refractivity contribution is 7.52. The summed E-state index contributed by atoms with van der Waals surface area (Å²) in [5, 5.41) is 38.5. The lowest BCUT2D eigenvalue weighted by molar-refractivity contribution is -0.139. The minimum Gasteiger partial charge on any atom is -0.480 e. The Morgan fingerprint density at radius 3 is 2.62 bits per heavy atom. The Morgan fingerprint density at radius 2 is 1.95 bits per heavy atom. The highest BCUT2D eigenvalue weighted by Gasteiger charge is 2.56. The number of aromatic nitrogens is 2. The van der Waals surface area contributed by atoms with Crippen LogP contribution >= 0.6 is 7.75 Å². The van der Waals surface area contributed by atoms with Crippen LogP contribution in [0.5, 0.6) is 5.75 Å². The van der Waals surface area contributed by atoms with Gasteiger partial charge in [0.15, 0.2) is 6.23 Å². The van der Waals surface area contributed by atoms with Gasteiger partial charge in [-0.2, -0.15) is 5.09 Å². The van der Waals surface area contributed by atoms with Gasteiger partial charge in [0.25, 0.3) is 5.56 Å². The van der Waals surface area contributed by atoms with Crippen LogP contribution in [0.25, 0.3) is 21.2 Å². The predicted octanol–water partition coefficient (Wildman–Crippen LogP) is 2.24. The van der Waals surface area contributed by atoms with E-state index >= 15 is 0 Å². The molecular weight excluding hydrogens is 575 g/mol. The fourth-order valence-corrected chi connectivity index (χ4v) is 6.02. The number of nitrogens with zero attached hydrogens (tertiary/aromatic N) is 4. The number of fused-ring (bicyclic) bond motifs is 1. The molecule has 1 saturated heterocycles. The van der Waals surface area contributed by atoms with Gasteiger partial charge in [-0.3, -0.25) is 23.7 Å². The number of carbonyl (C=O) groups is 1. The topological polar surface area (TPSA) is 238 Å². The van der Waals surface area contributed by atoms with Gasteiger partial charge in [-0.25, -0.2) is 9.36 Å². The molecular formula is C25H29N6O10P. The molecule has 1 unspecified atom stereocenters. The summed E-state index contributed by atoms with van der Waals surface area (Å²) < 4.78 is 32.0. The summed E-state index contributed by atoms with van der Waals surface area (Å²) in [4.78, 5) is 40.5. The molecule has 2 heterocycles. The van der Waals surface area contributed by atoms with Crippen LogP contribution in [0.15, 0.2) is 69.4 Å². The number of ether oxygens (including phenoxy) is 1. The fraction of sp³-hybridized carbons (Fsp3) is 0.400. The van der Waals surface area contributed by atoms with Crippen LogP contribution in [-0.4, -0.2) is 61.4 Å². The van der Waals surface area contributed by atoms with Crippen molar-refractivity contribution in [2.24, 2.45) is 11.0 Å². The lowest BCUT2D eigenvalue weighted by atomic mass is 10.1. The minimum atomic E-state index is -4.69. The molecule has 17 heteroatoms. The van der Waals surface area contributed by atoms with E-state index in [4.69, 9.17) is 13.8 Å². The summed E-state index contributed by atoms with van der Waals surface area (Å²) in [7, 11) is -4.69. The number of carboxylic acids is 1. The second-order valence-corrected chi connectivity index (χ2v) is 11.7. The second kappa shape index (κ2) is 12.5. The number of benzene rings is 2. The number of azide groups is 1. The average Bonchev–Trinajstić information content (AvgIpc) is 3.17. The third-order valence-corrected chi connectivity index (χ3v) is 8.00. The van der Waals surface area contributed by atoms with Crippen molar-refractivity contribution >= 4 is 24.5 Å². The Hall–Kier alpha value is -4.01. The molecule has 1 aliphatic heterocycles. The minimum absolute atomic E-state index is 0.0259. The zero-order valence-electron chi connectivity index (χ0n) is 22.4. The first-order valence-corrected chi connectivity index (χ1v) is 14.3. The zero-order chi connectivity index (χ0) is 30.7. The van der Waals surface area contributed by atoms with E-state index in [9.17, 15) is 39.8 Å². The molecule has 0 saturated carbocycles. The summed E-state index contributed by atoms with van der Waals surface area (Å²) in [6.07, 6.45) is -4.57. The molecule has 0 amide bonds. The third-order valence-electron chi connectivity index (χ3n) is 6.47. The van der Waals surface area contributed by atoms with E-state index in [1.54, 1.807) is 50.2 Å². The number of carboxylic acid groups (broad SMARTS) is 1. The smallest absolute Gasteiger partial charge is 0.459 e. The van der Waals surface area contributed by atoms with E-state index in [1.165, 1.54) is 6.07 Å². The molecule has 16 nitrogen and oxygen atoms in total. The van der Waals surface area contributed by atoms with Gasteiger partial charge in [0.05, 0.1) is 6.61 Å². The van der Waals surface area contributed by atoms with Crippen molar-refractivity contribution in [3.05, 3.63) is 86.0 Å². The first-order valence-electron chi connectivity index (χ1n) is 12.7. The number of nitrogens with one attached hydrogen (secondary N) is 2. The molecule has 0 spiro atoms. The van der Waals surface area contributed by atoms with Crippen LogP contribution in [-0.2, 0) is 18.6 Å². The zero-order valence-corrected chi connectivity index (χ0v) is 23.3. The summed E-state index contributed by atoms with van der Waals surface area (Å²) in [5.74, 6) is -1.42. The number of rotatable bonds is 12. The van der Waals surface area contributed by atoms with Gasteiger partial charge in [0.2, 0.25) is 5.72 Å². The molecule has 0 aliphatic carbocycles. The normalized spacial score (nSPS) is 24.2. The Bertz CT molecular complexity index is 1670. The SMILES string of the molecule is CC(C)C[C@H](NP(=O)(OC[C@@]1(N=[N+]=[N-])O[C@@H](n2ccc(=O)[nH]c2=O)[C@H](O)[C@@H]1O)Oc1cccc2ccccc12)C(=O)O. The van der Waals surface area contributed by atoms with Gasteiger partial charge in [0.1, 0.15) is 24.0 Å². The van der Waals surface area contributed by atoms with E-state index in [-0.39, 0.29) is 18.1 Å². The van der Waals surface area contributed by atoms with E-state index in [0.29, 0.717) is 5.39 Å². The molecule has 1 fully saturated rings. The highest BCUT2D eigenvalue weighted by atomic mass is 31.2. The molecule has 5 N–H and O–H groups in total. The molecule has 224 valence electrons. The van der Waals surface area contributed by atoms with Gasteiger partial charge in [0, 0.05) is 22.6 Å². The van der Waals surface area contributed by atoms with Gasteiger partial charge in [-0.05, 0) is 29.3 Å². The first-order chi connectivity index (χ1) is 19.9. The van der Waals surface area contributed by atoms with Crippen LogP contribution in [0.2, 0.25) is 0 Å². The Labute approximate surface area is 237 Å². The summed E-state index contributed by atoms with van der Waals surface area (Å²) in [6.45, 7) is 2.50. The van der Waals surface area contributed by atoms with Crippen molar-refractivity contribution in [3.63, 3.8) is 0 Å². The average molecular weight is 605 g/mol. The molecule has 4 rings (SSSR count). The second-order valence-electron chi connectivity index (χ2n) is 9.98. The van der Waals surface area contributed by atoms with Gasteiger partial charge < -0.3 is 24.6 Å².